The molecule has 0 aromatic heterocycles. The number of primary sulfonamides is 1. The predicted molar refractivity (Wildman–Crippen MR) is 107 cm³/mol. The largest absolute Gasteiger partial charge is 0.490 e. The first-order chi connectivity index (χ1) is 12.9. The molecule has 0 amide bonds. The van der Waals surface area contributed by atoms with Crippen LogP contribution in [0.15, 0.2) is 47.4 Å². The van der Waals surface area contributed by atoms with Crippen LogP contribution in [0.1, 0.15) is 31.4 Å². The van der Waals surface area contributed by atoms with Crippen molar-refractivity contribution in [3.63, 3.8) is 0 Å². The van der Waals surface area contributed by atoms with Gasteiger partial charge in [0.25, 0.3) is 0 Å². The SMILES string of the molecule is CCCOc1ccc(CNCCc2ccc(S(N)(=O)=O)cc2)cc1OCC. The molecule has 0 bridgehead atoms. The van der Waals surface area contributed by atoms with Gasteiger partial charge in [0.2, 0.25) is 10.0 Å². The van der Waals surface area contributed by atoms with E-state index in [-0.39, 0.29) is 4.90 Å². The summed E-state index contributed by atoms with van der Waals surface area (Å²) in [7, 11) is -3.64. The number of nitrogens with one attached hydrogen (secondary N) is 1. The van der Waals surface area contributed by atoms with Crippen LogP contribution >= 0.6 is 0 Å². The number of nitrogens with two attached hydrogens (primary N) is 1. The van der Waals surface area contributed by atoms with Crippen LogP contribution in [0.5, 0.6) is 11.5 Å². The summed E-state index contributed by atoms with van der Waals surface area (Å²) < 4.78 is 33.9. The lowest BCUT2D eigenvalue weighted by Crippen LogP contribution is -2.17. The summed E-state index contributed by atoms with van der Waals surface area (Å²) >= 11 is 0. The second-order valence-corrected chi connectivity index (χ2v) is 7.74. The molecule has 0 aliphatic rings. The van der Waals surface area contributed by atoms with Gasteiger partial charge in [0.1, 0.15) is 0 Å². The molecule has 0 atom stereocenters. The Bertz CT molecular complexity index is 820. The van der Waals surface area contributed by atoms with Crippen molar-refractivity contribution in [2.75, 3.05) is 19.8 Å². The van der Waals surface area contributed by atoms with Crippen LogP contribution < -0.4 is 19.9 Å². The molecule has 27 heavy (non-hydrogen) atoms. The maximum Gasteiger partial charge on any atom is 0.238 e. The Morgan fingerprint density at radius 3 is 2.30 bits per heavy atom. The molecule has 0 saturated carbocycles. The summed E-state index contributed by atoms with van der Waals surface area (Å²) in [6.45, 7) is 6.77. The van der Waals surface area contributed by atoms with Gasteiger partial charge in [-0.15, -0.1) is 0 Å². The third-order valence-corrected chi connectivity index (χ3v) is 4.87. The molecule has 0 aliphatic heterocycles. The van der Waals surface area contributed by atoms with Gasteiger partial charge in [0.05, 0.1) is 18.1 Å². The number of benzene rings is 2. The molecule has 7 heteroatoms. The first kappa shape index (κ1) is 21.2. The van der Waals surface area contributed by atoms with Crippen LogP contribution in [0.4, 0.5) is 0 Å². The lowest BCUT2D eigenvalue weighted by Gasteiger charge is -2.13. The van der Waals surface area contributed by atoms with Crippen molar-refractivity contribution in [3.05, 3.63) is 53.6 Å². The van der Waals surface area contributed by atoms with Crippen molar-refractivity contribution in [3.8, 4) is 11.5 Å². The summed E-state index contributed by atoms with van der Waals surface area (Å²) in [5, 5.41) is 8.49. The standard InChI is InChI=1S/C20H28N2O4S/c1-3-13-26-19-10-7-17(14-20(19)25-4-2)15-22-12-11-16-5-8-18(9-6-16)27(21,23)24/h5-10,14,22H,3-4,11-13,15H2,1-2H3,(H2,21,23,24). The van der Waals surface area contributed by atoms with E-state index < -0.39 is 10.0 Å². The van der Waals surface area contributed by atoms with Crippen molar-refractivity contribution in [1.82, 2.24) is 5.32 Å². The Labute approximate surface area is 161 Å². The average Bonchev–Trinajstić information content (AvgIpc) is 2.64. The van der Waals surface area contributed by atoms with E-state index in [0.717, 1.165) is 42.0 Å². The summed E-state index contributed by atoms with van der Waals surface area (Å²) in [6.07, 6.45) is 1.74. The topological polar surface area (TPSA) is 90.6 Å². The number of ether oxygens (including phenoxy) is 2. The first-order valence-electron chi connectivity index (χ1n) is 9.15. The molecule has 3 N–H and O–H groups in total. The van der Waals surface area contributed by atoms with Crippen LogP contribution in [-0.4, -0.2) is 28.2 Å². The first-order valence-corrected chi connectivity index (χ1v) is 10.7. The Morgan fingerprint density at radius 1 is 0.963 bits per heavy atom. The molecule has 2 aromatic rings. The number of sulfonamides is 1. The Balaban J connectivity index is 1.86. The van der Waals surface area contributed by atoms with Gasteiger partial charge in [-0.1, -0.05) is 25.1 Å². The highest BCUT2D eigenvalue weighted by atomic mass is 32.2. The van der Waals surface area contributed by atoms with Crippen molar-refractivity contribution in [1.29, 1.82) is 0 Å². The minimum Gasteiger partial charge on any atom is -0.490 e. The molecule has 0 fully saturated rings. The van der Waals surface area contributed by atoms with Gasteiger partial charge >= 0.3 is 0 Å². The highest BCUT2D eigenvalue weighted by Gasteiger charge is 2.08. The molecular formula is C20H28N2O4S. The molecule has 0 spiro atoms. The van der Waals surface area contributed by atoms with E-state index in [4.69, 9.17) is 14.6 Å². The van der Waals surface area contributed by atoms with Crippen molar-refractivity contribution in [2.45, 2.75) is 38.1 Å². The average molecular weight is 393 g/mol. The Hall–Kier alpha value is -2.09. The molecule has 0 radical (unpaired) electrons. The molecule has 2 aromatic carbocycles. The van der Waals surface area contributed by atoms with Crippen LogP contribution in [0.25, 0.3) is 0 Å². The van der Waals surface area contributed by atoms with E-state index in [1.807, 2.05) is 25.1 Å². The summed E-state index contributed by atoms with van der Waals surface area (Å²) in [4.78, 5) is 0.132. The Kier molecular flexibility index (Phi) is 8.09. The van der Waals surface area contributed by atoms with Gasteiger partial charge in [-0.2, -0.15) is 0 Å². The zero-order valence-electron chi connectivity index (χ0n) is 15.9. The fourth-order valence-corrected chi connectivity index (χ4v) is 3.09. The fourth-order valence-electron chi connectivity index (χ4n) is 2.57. The maximum atomic E-state index is 11.3. The van der Waals surface area contributed by atoms with E-state index in [1.165, 1.54) is 12.1 Å². The summed E-state index contributed by atoms with van der Waals surface area (Å²) in [5.41, 5.74) is 2.17. The molecule has 0 saturated heterocycles. The molecule has 148 valence electrons. The lowest BCUT2D eigenvalue weighted by molar-refractivity contribution is 0.276. The van der Waals surface area contributed by atoms with Crippen LogP contribution in [-0.2, 0) is 23.0 Å². The van der Waals surface area contributed by atoms with Gasteiger partial charge < -0.3 is 14.8 Å². The molecular weight excluding hydrogens is 364 g/mol. The second kappa shape index (κ2) is 10.3. The minimum absolute atomic E-state index is 0.132. The Morgan fingerprint density at radius 2 is 1.67 bits per heavy atom. The quantitative estimate of drug-likeness (QED) is 0.574. The van der Waals surface area contributed by atoms with E-state index in [2.05, 4.69) is 12.2 Å². The summed E-state index contributed by atoms with van der Waals surface area (Å²) in [5.74, 6) is 1.54. The van der Waals surface area contributed by atoms with E-state index in [0.29, 0.717) is 19.8 Å². The third-order valence-electron chi connectivity index (χ3n) is 3.94. The minimum atomic E-state index is -3.64. The van der Waals surface area contributed by atoms with E-state index in [9.17, 15) is 8.42 Å². The lowest BCUT2D eigenvalue weighted by atomic mass is 10.1. The van der Waals surface area contributed by atoms with Crippen molar-refractivity contribution in [2.24, 2.45) is 5.14 Å². The van der Waals surface area contributed by atoms with Crippen LogP contribution in [0, 0.1) is 0 Å². The molecule has 0 aliphatic carbocycles. The number of rotatable bonds is 11. The van der Waals surface area contributed by atoms with E-state index in [1.54, 1.807) is 12.1 Å². The smallest absolute Gasteiger partial charge is 0.238 e. The third kappa shape index (κ3) is 6.86. The normalized spacial score (nSPS) is 11.4. The van der Waals surface area contributed by atoms with Gasteiger partial charge in [-0.05, 0) is 61.7 Å². The highest BCUT2D eigenvalue weighted by molar-refractivity contribution is 7.89. The zero-order chi connectivity index (χ0) is 19.7. The van der Waals surface area contributed by atoms with Gasteiger partial charge in [0.15, 0.2) is 11.5 Å². The van der Waals surface area contributed by atoms with Crippen molar-refractivity contribution >= 4 is 10.0 Å². The van der Waals surface area contributed by atoms with Crippen LogP contribution in [0.3, 0.4) is 0 Å². The van der Waals surface area contributed by atoms with Gasteiger partial charge in [-0.25, -0.2) is 13.6 Å². The van der Waals surface area contributed by atoms with Crippen LogP contribution in [0.2, 0.25) is 0 Å². The second-order valence-electron chi connectivity index (χ2n) is 6.18. The zero-order valence-corrected chi connectivity index (χ0v) is 16.7. The molecule has 6 nitrogen and oxygen atoms in total. The predicted octanol–water partition coefficient (Wildman–Crippen LogP) is 2.85. The fraction of sp³-hybridized carbons (Fsp3) is 0.400. The monoisotopic (exact) mass is 392 g/mol. The van der Waals surface area contributed by atoms with Crippen molar-refractivity contribution < 1.29 is 17.9 Å². The van der Waals surface area contributed by atoms with Gasteiger partial charge in [-0.3, -0.25) is 0 Å². The molecule has 0 unspecified atom stereocenters. The van der Waals surface area contributed by atoms with Gasteiger partial charge in [0, 0.05) is 6.54 Å². The number of hydrogen-bond acceptors (Lipinski definition) is 5. The van der Waals surface area contributed by atoms with E-state index >= 15 is 0 Å². The number of hydrogen-bond donors (Lipinski definition) is 2. The molecule has 2 rings (SSSR count). The highest BCUT2D eigenvalue weighted by Crippen LogP contribution is 2.28. The maximum absolute atomic E-state index is 11.3. The molecule has 0 heterocycles. The summed E-state index contributed by atoms with van der Waals surface area (Å²) in [6, 6.07) is 12.6.